The lowest BCUT2D eigenvalue weighted by molar-refractivity contribution is -0.139. The molecule has 0 unspecified atom stereocenters. The highest BCUT2D eigenvalue weighted by molar-refractivity contribution is 7.89. The van der Waals surface area contributed by atoms with Gasteiger partial charge in [0.25, 0.3) is 10.0 Å². The highest BCUT2D eigenvalue weighted by atomic mass is 32.2. The first-order valence-electron chi connectivity index (χ1n) is 5.13. The number of carbonyl (C=O) groups is 1. The molecule has 0 aliphatic carbocycles. The number of nitrogens with one attached hydrogen (secondary N) is 1. The van der Waals surface area contributed by atoms with Crippen LogP contribution in [0.3, 0.4) is 0 Å². The van der Waals surface area contributed by atoms with Crippen LogP contribution in [0.15, 0.2) is 11.2 Å². The summed E-state index contributed by atoms with van der Waals surface area (Å²) in [4.78, 5) is 16.9. The zero-order valence-electron chi connectivity index (χ0n) is 9.25. The van der Waals surface area contributed by atoms with E-state index in [0.717, 1.165) is 0 Å². The summed E-state index contributed by atoms with van der Waals surface area (Å²) in [5.41, 5.74) is 0. The maximum absolute atomic E-state index is 12.0. The monoisotopic (exact) mass is 259 g/mol. The maximum Gasteiger partial charge on any atom is 0.303 e. The third-order valence-corrected chi connectivity index (χ3v) is 4.43. The van der Waals surface area contributed by atoms with Gasteiger partial charge in [0.1, 0.15) is 5.82 Å². The van der Waals surface area contributed by atoms with Crippen LogP contribution in [-0.4, -0.2) is 46.9 Å². The Morgan fingerprint density at radius 2 is 2.29 bits per heavy atom. The Hall–Kier alpha value is -1.41. The molecule has 8 heteroatoms. The smallest absolute Gasteiger partial charge is 0.303 e. The van der Waals surface area contributed by atoms with Gasteiger partial charge in [-0.2, -0.15) is 4.31 Å². The summed E-state index contributed by atoms with van der Waals surface area (Å²) in [6.45, 7) is 2.18. The van der Waals surface area contributed by atoms with Crippen LogP contribution in [0.1, 0.15) is 12.2 Å². The van der Waals surface area contributed by atoms with Crippen LogP contribution in [0.25, 0.3) is 0 Å². The van der Waals surface area contributed by atoms with E-state index in [1.165, 1.54) is 10.5 Å². The van der Waals surface area contributed by atoms with E-state index in [2.05, 4.69) is 9.97 Å². The van der Waals surface area contributed by atoms with Crippen molar-refractivity contribution in [3.05, 3.63) is 12.0 Å². The molecule has 1 aromatic heterocycles. The van der Waals surface area contributed by atoms with E-state index in [0.29, 0.717) is 5.82 Å². The van der Waals surface area contributed by atoms with Gasteiger partial charge in [0.2, 0.25) is 0 Å². The molecule has 1 fully saturated rings. The fourth-order valence-corrected chi connectivity index (χ4v) is 3.32. The van der Waals surface area contributed by atoms with Gasteiger partial charge in [-0.25, -0.2) is 13.4 Å². The topological polar surface area (TPSA) is 103 Å². The number of rotatable bonds is 4. The van der Waals surface area contributed by atoms with Gasteiger partial charge < -0.3 is 10.1 Å². The number of aryl methyl sites for hydroxylation is 1. The molecule has 0 aromatic carbocycles. The SMILES string of the molecule is Cc1ncc(S(=O)(=O)N2CC(CC(=O)O)C2)[nH]1. The molecule has 0 atom stereocenters. The summed E-state index contributed by atoms with van der Waals surface area (Å²) < 4.78 is 25.2. The molecule has 7 nitrogen and oxygen atoms in total. The molecule has 0 saturated carbocycles. The Morgan fingerprint density at radius 1 is 1.65 bits per heavy atom. The number of aromatic amines is 1. The lowest BCUT2D eigenvalue weighted by Gasteiger charge is -2.36. The molecule has 0 bridgehead atoms. The number of imidazole rings is 1. The van der Waals surface area contributed by atoms with Gasteiger partial charge in [0, 0.05) is 13.1 Å². The van der Waals surface area contributed by atoms with Crippen LogP contribution in [0.4, 0.5) is 0 Å². The number of aromatic nitrogens is 2. The van der Waals surface area contributed by atoms with Crippen LogP contribution in [-0.2, 0) is 14.8 Å². The molecule has 0 spiro atoms. The number of H-pyrrole nitrogens is 1. The molecule has 0 amide bonds. The predicted molar refractivity (Wildman–Crippen MR) is 57.8 cm³/mol. The van der Waals surface area contributed by atoms with Gasteiger partial charge in [0.15, 0.2) is 5.03 Å². The second-order valence-corrected chi connectivity index (χ2v) is 6.03. The minimum atomic E-state index is -3.53. The predicted octanol–water partition coefficient (Wildman–Crippen LogP) is -0.187. The van der Waals surface area contributed by atoms with Gasteiger partial charge in [0.05, 0.1) is 12.6 Å². The van der Waals surface area contributed by atoms with Crippen molar-refractivity contribution < 1.29 is 18.3 Å². The molecule has 2 N–H and O–H groups in total. The second kappa shape index (κ2) is 4.11. The Labute approximate surface area is 98.5 Å². The number of hydrogen-bond donors (Lipinski definition) is 2. The minimum absolute atomic E-state index is 0.00796. The highest BCUT2D eigenvalue weighted by Gasteiger charge is 2.38. The summed E-state index contributed by atoms with van der Waals surface area (Å²) in [5, 5.41) is 8.63. The van der Waals surface area contributed by atoms with Crippen LogP contribution >= 0.6 is 0 Å². The Morgan fingerprint density at radius 3 is 2.76 bits per heavy atom. The van der Waals surface area contributed by atoms with Crippen LogP contribution in [0.5, 0.6) is 0 Å². The zero-order chi connectivity index (χ0) is 12.6. The average Bonchev–Trinajstić information content (AvgIpc) is 2.57. The molecule has 94 valence electrons. The van der Waals surface area contributed by atoms with Gasteiger partial charge in [-0.15, -0.1) is 0 Å². The lowest BCUT2D eigenvalue weighted by atomic mass is 10.00. The average molecular weight is 259 g/mol. The van der Waals surface area contributed by atoms with Crippen molar-refractivity contribution in [1.82, 2.24) is 14.3 Å². The summed E-state index contributed by atoms with van der Waals surface area (Å²) in [7, 11) is -3.53. The number of nitrogens with zero attached hydrogens (tertiary/aromatic N) is 2. The van der Waals surface area contributed by atoms with E-state index in [1.54, 1.807) is 6.92 Å². The normalized spacial score (nSPS) is 17.9. The van der Waals surface area contributed by atoms with E-state index >= 15 is 0 Å². The van der Waals surface area contributed by atoms with Crippen molar-refractivity contribution >= 4 is 16.0 Å². The first-order valence-corrected chi connectivity index (χ1v) is 6.57. The van der Waals surface area contributed by atoms with Gasteiger partial charge in [-0.05, 0) is 12.8 Å². The molecule has 17 heavy (non-hydrogen) atoms. The number of aliphatic carboxylic acids is 1. The molecular formula is C9H13N3O4S. The number of carboxylic acids is 1. The largest absolute Gasteiger partial charge is 0.481 e. The van der Waals surface area contributed by atoms with E-state index < -0.39 is 16.0 Å². The second-order valence-electron chi connectivity index (χ2n) is 4.12. The fraction of sp³-hybridized carbons (Fsp3) is 0.556. The van der Waals surface area contributed by atoms with E-state index in [-0.39, 0.29) is 30.5 Å². The molecular weight excluding hydrogens is 246 g/mol. The number of sulfonamides is 1. The summed E-state index contributed by atoms with van der Waals surface area (Å²) in [6.07, 6.45) is 1.28. The van der Waals surface area contributed by atoms with Crippen molar-refractivity contribution in [1.29, 1.82) is 0 Å². The summed E-state index contributed by atoms with van der Waals surface area (Å²) in [5.74, 6) is -0.457. The fourth-order valence-electron chi connectivity index (χ4n) is 1.76. The first-order chi connectivity index (χ1) is 7.89. The number of hydrogen-bond acceptors (Lipinski definition) is 4. The van der Waals surface area contributed by atoms with Crippen LogP contribution in [0.2, 0.25) is 0 Å². The highest BCUT2D eigenvalue weighted by Crippen LogP contribution is 2.25. The summed E-state index contributed by atoms with van der Waals surface area (Å²) in [6, 6.07) is 0. The van der Waals surface area contributed by atoms with Crippen molar-refractivity contribution in [3.8, 4) is 0 Å². The van der Waals surface area contributed by atoms with Crippen molar-refractivity contribution in [2.24, 2.45) is 5.92 Å². The first kappa shape index (κ1) is 12.1. The van der Waals surface area contributed by atoms with Crippen molar-refractivity contribution in [2.75, 3.05) is 13.1 Å². The number of carboxylic acid groups (broad SMARTS) is 1. The Kier molecular flexibility index (Phi) is 2.92. The molecule has 2 rings (SSSR count). The zero-order valence-corrected chi connectivity index (χ0v) is 10.1. The molecule has 1 aromatic rings. The van der Waals surface area contributed by atoms with E-state index in [1.807, 2.05) is 0 Å². The summed E-state index contributed by atoms with van der Waals surface area (Å²) >= 11 is 0. The van der Waals surface area contributed by atoms with Crippen molar-refractivity contribution in [3.63, 3.8) is 0 Å². The van der Waals surface area contributed by atoms with Crippen molar-refractivity contribution in [2.45, 2.75) is 18.4 Å². The van der Waals surface area contributed by atoms with Gasteiger partial charge >= 0.3 is 5.97 Å². The quantitative estimate of drug-likeness (QED) is 0.780. The standard InChI is InChI=1S/C9H13N3O4S/c1-6-10-3-8(11-6)17(15,16)12-4-7(5-12)2-9(13)14/h3,7H,2,4-5H2,1H3,(H,10,11)(H,13,14). The molecule has 2 heterocycles. The minimum Gasteiger partial charge on any atom is -0.481 e. The molecule has 1 aliphatic rings. The third-order valence-electron chi connectivity index (χ3n) is 2.68. The molecule has 1 saturated heterocycles. The maximum atomic E-state index is 12.0. The van der Waals surface area contributed by atoms with E-state index in [4.69, 9.17) is 5.11 Å². The Balaban J connectivity index is 2.03. The lowest BCUT2D eigenvalue weighted by Crippen LogP contribution is -2.50. The van der Waals surface area contributed by atoms with Crippen LogP contribution < -0.4 is 0 Å². The van der Waals surface area contributed by atoms with Gasteiger partial charge in [-0.1, -0.05) is 0 Å². The Bertz CT molecular complexity index is 530. The van der Waals surface area contributed by atoms with E-state index in [9.17, 15) is 13.2 Å². The third kappa shape index (κ3) is 2.32. The molecule has 0 radical (unpaired) electrons. The van der Waals surface area contributed by atoms with Crippen LogP contribution in [0, 0.1) is 12.8 Å². The molecule has 1 aliphatic heterocycles. The van der Waals surface area contributed by atoms with Gasteiger partial charge in [-0.3, -0.25) is 4.79 Å².